The maximum absolute atomic E-state index is 5.79. The molecule has 0 amide bonds. The zero-order valence-corrected chi connectivity index (χ0v) is 15.7. The van der Waals surface area contributed by atoms with E-state index in [-0.39, 0.29) is 5.41 Å². The SMILES string of the molecule is CNC(C)Cc1noc(C2(c3ccc(OCC(C)C)cc3)CCC2)n1. The maximum Gasteiger partial charge on any atom is 0.237 e. The van der Waals surface area contributed by atoms with Gasteiger partial charge in [0.05, 0.1) is 12.0 Å². The Kier molecular flexibility index (Phi) is 5.42. The van der Waals surface area contributed by atoms with Crippen molar-refractivity contribution in [3.05, 3.63) is 41.5 Å². The molecular weight excluding hydrogens is 314 g/mol. The van der Waals surface area contributed by atoms with Crippen molar-refractivity contribution < 1.29 is 9.26 Å². The molecular formula is C20H29N3O2. The van der Waals surface area contributed by atoms with E-state index < -0.39 is 0 Å². The summed E-state index contributed by atoms with van der Waals surface area (Å²) in [4.78, 5) is 4.70. The van der Waals surface area contributed by atoms with E-state index in [1.54, 1.807) is 0 Å². The second-order valence-electron chi connectivity index (χ2n) is 7.57. The second-order valence-corrected chi connectivity index (χ2v) is 7.57. The molecule has 3 rings (SSSR count). The number of benzene rings is 1. The number of nitrogens with zero attached hydrogens (tertiary/aromatic N) is 2. The van der Waals surface area contributed by atoms with Crippen molar-refractivity contribution in [3.8, 4) is 5.75 Å². The van der Waals surface area contributed by atoms with Gasteiger partial charge in [-0.1, -0.05) is 37.6 Å². The molecule has 1 N–H and O–H groups in total. The van der Waals surface area contributed by atoms with Gasteiger partial charge in [0.2, 0.25) is 5.89 Å². The highest BCUT2D eigenvalue weighted by Gasteiger charge is 2.45. The molecule has 5 heteroatoms. The van der Waals surface area contributed by atoms with Gasteiger partial charge >= 0.3 is 0 Å². The minimum atomic E-state index is -0.120. The van der Waals surface area contributed by atoms with Crippen molar-refractivity contribution in [3.63, 3.8) is 0 Å². The van der Waals surface area contributed by atoms with Crippen LogP contribution in [-0.4, -0.2) is 29.8 Å². The van der Waals surface area contributed by atoms with Crippen LogP contribution in [0.4, 0.5) is 0 Å². The number of ether oxygens (including phenoxy) is 1. The van der Waals surface area contributed by atoms with Crippen LogP contribution in [0.15, 0.2) is 28.8 Å². The molecule has 1 atom stereocenters. The predicted molar refractivity (Wildman–Crippen MR) is 97.9 cm³/mol. The van der Waals surface area contributed by atoms with Crippen molar-refractivity contribution in [2.75, 3.05) is 13.7 Å². The fourth-order valence-corrected chi connectivity index (χ4v) is 3.20. The average molecular weight is 343 g/mol. The molecule has 5 nitrogen and oxygen atoms in total. The molecule has 1 unspecified atom stereocenters. The predicted octanol–water partition coefficient (Wildman–Crippen LogP) is 3.72. The van der Waals surface area contributed by atoms with Crippen LogP contribution in [-0.2, 0) is 11.8 Å². The van der Waals surface area contributed by atoms with Crippen LogP contribution >= 0.6 is 0 Å². The Morgan fingerprint density at radius 1 is 1.20 bits per heavy atom. The molecule has 0 aliphatic heterocycles. The first-order valence-corrected chi connectivity index (χ1v) is 9.27. The van der Waals surface area contributed by atoms with Gasteiger partial charge in [0.1, 0.15) is 5.75 Å². The van der Waals surface area contributed by atoms with Gasteiger partial charge in [0.25, 0.3) is 0 Å². The van der Waals surface area contributed by atoms with Gasteiger partial charge in [-0.05, 0) is 50.4 Å². The summed E-state index contributed by atoms with van der Waals surface area (Å²) in [5.74, 6) is 2.98. The van der Waals surface area contributed by atoms with E-state index in [9.17, 15) is 0 Å². The molecule has 136 valence electrons. The fourth-order valence-electron chi connectivity index (χ4n) is 3.20. The Morgan fingerprint density at radius 3 is 2.48 bits per heavy atom. The van der Waals surface area contributed by atoms with Crippen LogP contribution in [0.3, 0.4) is 0 Å². The smallest absolute Gasteiger partial charge is 0.237 e. The third-order valence-electron chi connectivity index (χ3n) is 5.06. The highest BCUT2D eigenvalue weighted by Crippen LogP contribution is 2.48. The lowest BCUT2D eigenvalue weighted by atomic mass is 9.64. The van der Waals surface area contributed by atoms with Gasteiger partial charge in [0.15, 0.2) is 5.82 Å². The summed E-state index contributed by atoms with van der Waals surface area (Å²) in [6, 6.07) is 8.74. The van der Waals surface area contributed by atoms with Crippen LogP contribution in [0.5, 0.6) is 5.75 Å². The van der Waals surface area contributed by atoms with Gasteiger partial charge in [-0.3, -0.25) is 0 Å². The number of hydrogen-bond donors (Lipinski definition) is 1. The number of rotatable bonds is 8. The van der Waals surface area contributed by atoms with Crippen LogP contribution < -0.4 is 10.1 Å². The van der Waals surface area contributed by atoms with Gasteiger partial charge in [0, 0.05) is 12.5 Å². The highest BCUT2D eigenvalue weighted by molar-refractivity contribution is 5.38. The lowest BCUT2D eigenvalue weighted by Crippen LogP contribution is -2.36. The van der Waals surface area contributed by atoms with Gasteiger partial charge < -0.3 is 14.6 Å². The molecule has 1 aromatic carbocycles. The molecule has 0 spiro atoms. The van der Waals surface area contributed by atoms with Crippen molar-refractivity contribution in [1.82, 2.24) is 15.5 Å². The van der Waals surface area contributed by atoms with E-state index in [1.165, 1.54) is 12.0 Å². The standard InChI is InChI=1S/C20H29N3O2/c1-14(2)13-24-17-8-6-16(7-9-17)20(10-5-11-20)19-22-18(23-25-19)12-15(3)21-4/h6-9,14-15,21H,5,10-13H2,1-4H3. The van der Waals surface area contributed by atoms with Crippen LogP contribution in [0.25, 0.3) is 0 Å². The van der Waals surface area contributed by atoms with Crippen LogP contribution in [0.2, 0.25) is 0 Å². The topological polar surface area (TPSA) is 60.2 Å². The molecule has 1 fully saturated rings. The maximum atomic E-state index is 5.79. The second kappa shape index (κ2) is 7.56. The molecule has 25 heavy (non-hydrogen) atoms. The summed E-state index contributed by atoms with van der Waals surface area (Å²) in [6.07, 6.45) is 4.08. The molecule has 1 heterocycles. The van der Waals surface area contributed by atoms with Crippen LogP contribution in [0, 0.1) is 5.92 Å². The average Bonchev–Trinajstić information content (AvgIpc) is 3.01. The monoisotopic (exact) mass is 343 g/mol. The molecule has 1 aromatic heterocycles. The molecule has 2 aromatic rings. The third kappa shape index (κ3) is 3.87. The van der Waals surface area contributed by atoms with E-state index in [0.717, 1.165) is 43.3 Å². The fraction of sp³-hybridized carbons (Fsp3) is 0.600. The van der Waals surface area contributed by atoms with E-state index in [2.05, 4.69) is 55.5 Å². The lowest BCUT2D eigenvalue weighted by molar-refractivity contribution is 0.215. The van der Waals surface area contributed by atoms with Crippen molar-refractivity contribution in [1.29, 1.82) is 0 Å². The normalized spacial score (nSPS) is 17.3. The minimum Gasteiger partial charge on any atom is -0.493 e. The Labute approximate surface area is 150 Å². The first kappa shape index (κ1) is 17.9. The number of nitrogens with one attached hydrogen (secondary N) is 1. The number of hydrogen-bond acceptors (Lipinski definition) is 5. The van der Waals surface area contributed by atoms with E-state index in [0.29, 0.717) is 12.0 Å². The van der Waals surface area contributed by atoms with E-state index in [4.69, 9.17) is 14.2 Å². The van der Waals surface area contributed by atoms with Crippen molar-refractivity contribution in [2.24, 2.45) is 5.92 Å². The molecule has 1 aliphatic rings. The Morgan fingerprint density at radius 2 is 1.92 bits per heavy atom. The van der Waals surface area contributed by atoms with E-state index >= 15 is 0 Å². The van der Waals surface area contributed by atoms with Gasteiger partial charge in [-0.15, -0.1) is 0 Å². The largest absolute Gasteiger partial charge is 0.493 e. The minimum absolute atomic E-state index is 0.120. The third-order valence-corrected chi connectivity index (χ3v) is 5.06. The molecule has 1 aliphatic carbocycles. The molecule has 0 radical (unpaired) electrons. The molecule has 0 saturated heterocycles. The summed E-state index contributed by atoms with van der Waals surface area (Å²) < 4.78 is 11.5. The number of likely N-dealkylation sites (N-methyl/N-ethyl adjacent to an activating group) is 1. The Bertz CT molecular complexity index is 675. The molecule has 0 bridgehead atoms. The van der Waals surface area contributed by atoms with Gasteiger partial charge in [-0.25, -0.2) is 0 Å². The lowest BCUT2D eigenvalue weighted by Gasteiger charge is -2.39. The highest BCUT2D eigenvalue weighted by atomic mass is 16.5. The van der Waals surface area contributed by atoms with E-state index in [1.807, 2.05) is 7.05 Å². The Balaban J connectivity index is 1.76. The molecule has 1 saturated carbocycles. The summed E-state index contributed by atoms with van der Waals surface area (Å²) in [5.41, 5.74) is 1.12. The quantitative estimate of drug-likeness (QED) is 0.791. The van der Waals surface area contributed by atoms with Crippen molar-refractivity contribution >= 4 is 0 Å². The zero-order valence-electron chi connectivity index (χ0n) is 15.7. The first-order valence-electron chi connectivity index (χ1n) is 9.27. The summed E-state index contributed by atoms with van der Waals surface area (Å²) >= 11 is 0. The van der Waals surface area contributed by atoms with Gasteiger partial charge in [-0.2, -0.15) is 4.98 Å². The summed E-state index contributed by atoms with van der Waals surface area (Å²) in [5, 5.41) is 7.40. The summed E-state index contributed by atoms with van der Waals surface area (Å²) in [7, 11) is 1.95. The van der Waals surface area contributed by atoms with Crippen molar-refractivity contribution in [2.45, 2.75) is 57.9 Å². The summed E-state index contributed by atoms with van der Waals surface area (Å²) in [6.45, 7) is 7.16. The first-order chi connectivity index (χ1) is 12.0. The Hall–Kier alpha value is -1.88. The zero-order chi connectivity index (χ0) is 17.9. The van der Waals surface area contributed by atoms with Crippen LogP contribution in [0.1, 0.15) is 57.3 Å². The number of aromatic nitrogens is 2.